The third-order valence-electron chi connectivity index (χ3n) is 3.24. The summed E-state index contributed by atoms with van der Waals surface area (Å²) < 4.78 is 2.25. The summed E-state index contributed by atoms with van der Waals surface area (Å²) in [4.78, 5) is 4.35. The van der Waals surface area contributed by atoms with Crippen LogP contribution in [0, 0.1) is 11.8 Å². The number of nitrogens with one attached hydrogen (secondary N) is 1. The van der Waals surface area contributed by atoms with Crippen LogP contribution >= 0.6 is 0 Å². The summed E-state index contributed by atoms with van der Waals surface area (Å²) in [7, 11) is 0. The minimum absolute atomic E-state index is 0.880. The topological polar surface area (TPSA) is 29.9 Å². The van der Waals surface area contributed by atoms with Gasteiger partial charge in [0.2, 0.25) is 5.95 Å². The van der Waals surface area contributed by atoms with E-state index in [0.29, 0.717) is 0 Å². The first-order valence-electron chi connectivity index (χ1n) is 6.06. The monoisotopic (exact) mass is 207 g/mol. The summed E-state index contributed by atoms with van der Waals surface area (Å²) in [5.41, 5.74) is 0. The Morgan fingerprint density at radius 3 is 3.07 bits per heavy atom. The molecule has 0 spiro atoms. The van der Waals surface area contributed by atoms with E-state index < -0.39 is 0 Å². The van der Waals surface area contributed by atoms with Crippen molar-refractivity contribution in [3.63, 3.8) is 0 Å². The molecule has 1 aromatic heterocycles. The zero-order chi connectivity index (χ0) is 10.7. The van der Waals surface area contributed by atoms with Crippen molar-refractivity contribution in [2.24, 2.45) is 11.8 Å². The standard InChI is InChI=1S/C12H21N3/c1-3-4-5-13-12-14-6-7-15(12)9-11-8-10(11)2/h6-7,10-11H,3-5,8-9H2,1-2H3,(H,13,14). The van der Waals surface area contributed by atoms with Gasteiger partial charge in [0.15, 0.2) is 0 Å². The van der Waals surface area contributed by atoms with Gasteiger partial charge >= 0.3 is 0 Å². The molecule has 0 bridgehead atoms. The van der Waals surface area contributed by atoms with Gasteiger partial charge in [-0.2, -0.15) is 0 Å². The van der Waals surface area contributed by atoms with E-state index in [1.54, 1.807) is 0 Å². The van der Waals surface area contributed by atoms with E-state index in [1.165, 1.54) is 19.3 Å². The van der Waals surface area contributed by atoms with Crippen molar-refractivity contribution in [3.05, 3.63) is 12.4 Å². The molecule has 3 heteroatoms. The number of rotatable bonds is 6. The lowest BCUT2D eigenvalue weighted by molar-refractivity contribution is 0.596. The Morgan fingerprint density at radius 2 is 2.40 bits per heavy atom. The summed E-state index contributed by atoms with van der Waals surface area (Å²) >= 11 is 0. The maximum atomic E-state index is 4.35. The molecule has 84 valence electrons. The molecule has 2 rings (SSSR count). The van der Waals surface area contributed by atoms with Crippen LogP contribution in [0.15, 0.2) is 12.4 Å². The second-order valence-electron chi connectivity index (χ2n) is 4.66. The van der Waals surface area contributed by atoms with Gasteiger partial charge in [-0.1, -0.05) is 20.3 Å². The Labute approximate surface area is 91.9 Å². The molecule has 2 unspecified atom stereocenters. The van der Waals surface area contributed by atoms with Crippen molar-refractivity contribution in [1.29, 1.82) is 0 Å². The van der Waals surface area contributed by atoms with Crippen LogP contribution in [0.4, 0.5) is 5.95 Å². The number of nitrogens with zero attached hydrogens (tertiary/aromatic N) is 2. The van der Waals surface area contributed by atoms with E-state index >= 15 is 0 Å². The summed E-state index contributed by atoms with van der Waals surface area (Å²) in [5.74, 6) is 2.84. The fraction of sp³-hybridized carbons (Fsp3) is 0.750. The maximum Gasteiger partial charge on any atom is 0.202 e. The average molecular weight is 207 g/mol. The smallest absolute Gasteiger partial charge is 0.202 e. The second-order valence-corrected chi connectivity index (χ2v) is 4.66. The van der Waals surface area contributed by atoms with Crippen LogP contribution in [0.3, 0.4) is 0 Å². The predicted molar refractivity (Wildman–Crippen MR) is 62.9 cm³/mol. The van der Waals surface area contributed by atoms with Crippen molar-refractivity contribution in [1.82, 2.24) is 9.55 Å². The molecule has 1 N–H and O–H groups in total. The summed E-state index contributed by atoms with van der Waals surface area (Å²) in [6.45, 7) is 6.70. The molecule has 0 aliphatic heterocycles. The number of anilines is 1. The molecule has 0 radical (unpaired) electrons. The Morgan fingerprint density at radius 1 is 1.60 bits per heavy atom. The third-order valence-corrected chi connectivity index (χ3v) is 3.24. The van der Waals surface area contributed by atoms with E-state index in [4.69, 9.17) is 0 Å². The molecular formula is C12H21N3. The molecule has 15 heavy (non-hydrogen) atoms. The molecule has 1 aromatic rings. The van der Waals surface area contributed by atoms with E-state index in [9.17, 15) is 0 Å². The fourth-order valence-corrected chi connectivity index (χ4v) is 1.91. The molecule has 1 saturated carbocycles. The van der Waals surface area contributed by atoms with Gasteiger partial charge < -0.3 is 9.88 Å². The highest BCUT2D eigenvalue weighted by Crippen LogP contribution is 2.39. The van der Waals surface area contributed by atoms with Crippen molar-refractivity contribution >= 4 is 5.95 Å². The molecule has 1 aliphatic rings. The van der Waals surface area contributed by atoms with Gasteiger partial charge in [0.25, 0.3) is 0 Å². The molecule has 3 nitrogen and oxygen atoms in total. The van der Waals surface area contributed by atoms with E-state index in [0.717, 1.165) is 30.9 Å². The zero-order valence-corrected chi connectivity index (χ0v) is 9.74. The maximum absolute atomic E-state index is 4.35. The number of hydrogen-bond acceptors (Lipinski definition) is 2. The highest BCUT2D eigenvalue weighted by atomic mass is 15.2. The van der Waals surface area contributed by atoms with Crippen LogP contribution in [-0.4, -0.2) is 16.1 Å². The van der Waals surface area contributed by atoms with Crippen molar-refractivity contribution in [2.75, 3.05) is 11.9 Å². The van der Waals surface area contributed by atoms with Crippen LogP contribution in [0.2, 0.25) is 0 Å². The molecule has 0 saturated heterocycles. The molecule has 2 atom stereocenters. The van der Waals surface area contributed by atoms with Crippen LogP contribution in [-0.2, 0) is 6.54 Å². The van der Waals surface area contributed by atoms with Gasteiger partial charge in [-0.25, -0.2) is 4.98 Å². The van der Waals surface area contributed by atoms with Gasteiger partial charge in [-0.05, 0) is 24.7 Å². The predicted octanol–water partition coefficient (Wildman–Crippen LogP) is 2.75. The van der Waals surface area contributed by atoms with Crippen LogP contribution in [0.1, 0.15) is 33.1 Å². The van der Waals surface area contributed by atoms with E-state index in [1.807, 2.05) is 6.20 Å². The first-order chi connectivity index (χ1) is 7.31. The minimum atomic E-state index is 0.880. The number of unbranched alkanes of at least 4 members (excludes halogenated alkanes) is 1. The molecule has 0 amide bonds. The van der Waals surface area contributed by atoms with Crippen molar-refractivity contribution in [3.8, 4) is 0 Å². The third kappa shape index (κ3) is 2.74. The summed E-state index contributed by atoms with van der Waals surface area (Å²) in [6, 6.07) is 0. The highest BCUT2D eigenvalue weighted by molar-refractivity contribution is 5.25. The first-order valence-corrected chi connectivity index (χ1v) is 6.06. The first kappa shape index (κ1) is 10.5. The molecular weight excluding hydrogens is 186 g/mol. The van der Waals surface area contributed by atoms with Crippen molar-refractivity contribution < 1.29 is 0 Å². The lowest BCUT2D eigenvalue weighted by Crippen LogP contribution is -2.09. The number of imidazole rings is 1. The second kappa shape index (κ2) is 4.69. The summed E-state index contributed by atoms with van der Waals surface area (Å²) in [6.07, 6.45) is 7.80. The van der Waals surface area contributed by atoms with Gasteiger partial charge in [0.1, 0.15) is 0 Å². The molecule has 0 aromatic carbocycles. The zero-order valence-electron chi connectivity index (χ0n) is 9.74. The van der Waals surface area contributed by atoms with Crippen molar-refractivity contribution in [2.45, 2.75) is 39.7 Å². The van der Waals surface area contributed by atoms with Gasteiger partial charge in [-0.3, -0.25) is 0 Å². The van der Waals surface area contributed by atoms with Crippen LogP contribution in [0.5, 0.6) is 0 Å². The van der Waals surface area contributed by atoms with Crippen LogP contribution in [0.25, 0.3) is 0 Å². The average Bonchev–Trinajstić information content (AvgIpc) is 2.75. The fourth-order valence-electron chi connectivity index (χ4n) is 1.91. The molecule has 1 heterocycles. The Bertz CT molecular complexity index is 306. The van der Waals surface area contributed by atoms with Gasteiger partial charge in [-0.15, -0.1) is 0 Å². The molecule has 1 aliphatic carbocycles. The Hall–Kier alpha value is -0.990. The van der Waals surface area contributed by atoms with Gasteiger partial charge in [0, 0.05) is 25.5 Å². The quantitative estimate of drug-likeness (QED) is 0.727. The lowest BCUT2D eigenvalue weighted by Gasteiger charge is -2.08. The van der Waals surface area contributed by atoms with E-state index in [-0.39, 0.29) is 0 Å². The summed E-state index contributed by atoms with van der Waals surface area (Å²) in [5, 5.41) is 3.39. The largest absolute Gasteiger partial charge is 0.356 e. The minimum Gasteiger partial charge on any atom is -0.356 e. The SMILES string of the molecule is CCCCNc1nccn1CC1CC1C. The Kier molecular flexibility index (Phi) is 3.29. The normalized spacial score (nSPS) is 24.1. The van der Waals surface area contributed by atoms with Gasteiger partial charge in [0.05, 0.1) is 0 Å². The lowest BCUT2D eigenvalue weighted by atomic mass is 10.3. The number of aromatic nitrogens is 2. The highest BCUT2D eigenvalue weighted by Gasteiger charge is 2.32. The Balaban J connectivity index is 1.84. The number of hydrogen-bond donors (Lipinski definition) is 1. The molecule has 1 fully saturated rings. The van der Waals surface area contributed by atoms with Crippen LogP contribution < -0.4 is 5.32 Å². The van der Waals surface area contributed by atoms with E-state index in [2.05, 4.69) is 34.9 Å².